The average molecular weight is 267 g/mol. The molecule has 0 spiro atoms. The van der Waals surface area contributed by atoms with Crippen molar-refractivity contribution in [3.8, 4) is 11.5 Å². The van der Waals surface area contributed by atoms with Crippen LogP contribution in [-0.2, 0) is 4.74 Å². The first-order valence-electron chi connectivity index (χ1n) is 6.78. The summed E-state index contributed by atoms with van der Waals surface area (Å²) in [7, 11) is 3.60. The molecule has 1 aromatic rings. The van der Waals surface area contributed by atoms with E-state index in [1.54, 1.807) is 7.11 Å². The van der Waals surface area contributed by atoms with E-state index in [1.165, 1.54) is 0 Å². The third-order valence-corrected chi connectivity index (χ3v) is 3.01. The van der Waals surface area contributed by atoms with Gasteiger partial charge in [-0.2, -0.15) is 0 Å². The van der Waals surface area contributed by atoms with E-state index in [2.05, 4.69) is 12.2 Å². The number of benzene rings is 1. The van der Waals surface area contributed by atoms with E-state index in [4.69, 9.17) is 14.2 Å². The quantitative estimate of drug-likeness (QED) is 0.698. The zero-order valence-electron chi connectivity index (χ0n) is 12.4. The van der Waals surface area contributed by atoms with Crippen LogP contribution in [0.15, 0.2) is 18.2 Å². The van der Waals surface area contributed by atoms with Crippen molar-refractivity contribution in [2.75, 3.05) is 34.0 Å². The minimum atomic E-state index is 0.243. The van der Waals surface area contributed by atoms with Crippen molar-refractivity contribution in [2.24, 2.45) is 0 Å². The molecule has 0 saturated carbocycles. The Bertz CT molecular complexity index is 368. The molecule has 0 aliphatic carbocycles. The van der Waals surface area contributed by atoms with Gasteiger partial charge in [0.05, 0.1) is 13.7 Å². The van der Waals surface area contributed by atoms with E-state index in [0.29, 0.717) is 6.61 Å². The second-order valence-corrected chi connectivity index (χ2v) is 4.31. The molecule has 0 saturated heterocycles. The van der Waals surface area contributed by atoms with Crippen molar-refractivity contribution in [3.05, 3.63) is 23.8 Å². The van der Waals surface area contributed by atoms with Crippen molar-refractivity contribution in [3.63, 3.8) is 0 Å². The molecule has 0 heterocycles. The Labute approximate surface area is 116 Å². The standard InChI is InChI=1S/C15H25NO3/c1-5-18-9-6-10-19-15-11-13(17-4)7-8-14(15)12(2)16-3/h7-8,11-12,16H,5-6,9-10H2,1-4H3. The predicted molar refractivity (Wildman–Crippen MR) is 77.1 cm³/mol. The first-order chi connectivity index (χ1) is 9.22. The molecule has 0 aliphatic heterocycles. The molecule has 1 atom stereocenters. The zero-order valence-corrected chi connectivity index (χ0v) is 12.4. The van der Waals surface area contributed by atoms with Gasteiger partial charge < -0.3 is 19.5 Å². The van der Waals surface area contributed by atoms with Crippen LogP contribution in [-0.4, -0.2) is 34.0 Å². The van der Waals surface area contributed by atoms with Crippen LogP contribution >= 0.6 is 0 Å². The van der Waals surface area contributed by atoms with Crippen LogP contribution in [0, 0.1) is 0 Å². The minimum absolute atomic E-state index is 0.243. The number of methoxy groups -OCH3 is 1. The maximum atomic E-state index is 5.85. The fraction of sp³-hybridized carbons (Fsp3) is 0.600. The summed E-state index contributed by atoms with van der Waals surface area (Å²) in [6.45, 7) is 6.24. The highest BCUT2D eigenvalue weighted by Gasteiger charge is 2.11. The summed E-state index contributed by atoms with van der Waals surface area (Å²) in [6, 6.07) is 6.17. The highest BCUT2D eigenvalue weighted by Crippen LogP contribution is 2.29. The molecule has 0 bridgehead atoms. The summed E-state index contributed by atoms with van der Waals surface area (Å²) in [5, 5.41) is 3.22. The Morgan fingerprint density at radius 3 is 2.68 bits per heavy atom. The van der Waals surface area contributed by atoms with Crippen LogP contribution in [0.2, 0.25) is 0 Å². The van der Waals surface area contributed by atoms with Gasteiger partial charge in [0.1, 0.15) is 11.5 Å². The molecule has 19 heavy (non-hydrogen) atoms. The van der Waals surface area contributed by atoms with Gasteiger partial charge in [0, 0.05) is 37.3 Å². The topological polar surface area (TPSA) is 39.7 Å². The number of ether oxygens (including phenoxy) is 3. The van der Waals surface area contributed by atoms with Crippen LogP contribution < -0.4 is 14.8 Å². The van der Waals surface area contributed by atoms with E-state index in [9.17, 15) is 0 Å². The van der Waals surface area contributed by atoms with Gasteiger partial charge in [0.15, 0.2) is 0 Å². The Morgan fingerprint density at radius 2 is 2.05 bits per heavy atom. The smallest absolute Gasteiger partial charge is 0.127 e. The Morgan fingerprint density at radius 1 is 1.26 bits per heavy atom. The van der Waals surface area contributed by atoms with Gasteiger partial charge in [-0.05, 0) is 27.0 Å². The summed E-state index contributed by atoms with van der Waals surface area (Å²) in [4.78, 5) is 0. The number of hydrogen-bond donors (Lipinski definition) is 1. The Hall–Kier alpha value is -1.26. The zero-order chi connectivity index (χ0) is 14.1. The number of hydrogen-bond acceptors (Lipinski definition) is 4. The van der Waals surface area contributed by atoms with E-state index < -0.39 is 0 Å². The van der Waals surface area contributed by atoms with Gasteiger partial charge in [-0.25, -0.2) is 0 Å². The first kappa shape index (κ1) is 15.8. The monoisotopic (exact) mass is 267 g/mol. The highest BCUT2D eigenvalue weighted by molar-refractivity contribution is 5.42. The Balaban J connectivity index is 2.66. The van der Waals surface area contributed by atoms with Crippen molar-refractivity contribution >= 4 is 0 Å². The summed E-state index contributed by atoms with van der Waals surface area (Å²) >= 11 is 0. The largest absolute Gasteiger partial charge is 0.497 e. The fourth-order valence-corrected chi connectivity index (χ4v) is 1.77. The van der Waals surface area contributed by atoms with Gasteiger partial charge in [-0.3, -0.25) is 0 Å². The van der Waals surface area contributed by atoms with Crippen LogP contribution in [0.3, 0.4) is 0 Å². The maximum Gasteiger partial charge on any atom is 0.127 e. The summed E-state index contributed by atoms with van der Waals surface area (Å²) in [5.41, 5.74) is 1.14. The molecule has 0 amide bonds. The molecule has 1 N–H and O–H groups in total. The molecule has 1 rings (SSSR count). The van der Waals surface area contributed by atoms with Gasteiger partial charge >= 0.3 is 0 Å². The van der Waals surface area contributed by atoms with Gasteiger partial charge in [0.25, 0.3) is 0 Å². The van der Waals surface area contributed by atoms with Gasteiger partial charge in [0.2, 0.25) is 0 Å². The summed E-state index contributed by atoms with van der Waals surface area (Å²) < 4.78 is 16.4. The lowest BCUT2D eigenvalue weighted by atomic mass is 10.1. The molecule has 0 fully saturated rings. The van der Waals surface area contributed by atoms with Gasteiger partial charge in [-0.15, -0.1) is 0 Å². The molecule has 0 aromatic heterocycles. The highest BCUT2D eigenvalue weighted by atomic mass is 16.5. The molecule has 108 valence electrons. The van der Waals surface area contributed by atoms with E-state index in [0.717, 1.165) is 36.7 Å². The molecule has 4 heteroatoms. The van der Waals surface area contributed by atoms with Gasteiger partial charge in [-0.1, -0.05) is 6.07 Å². The van der Waals surface area contributed by atoms with E-state index in [1.807, 2.05) is 32.2 Å². The number of nitrogens with one attached hydrogen (secondary N) is 1. The van der Waals surface area contributed by atoms with Crippen LogP contribution in [0.4, 0.5) is 0 Å². The van der Waals surface area contributed by atoms with Crippen molar-refractivity contribution < 1.29 is 14.2 Å². The molecule has 4 nitrogen and oxygen atoms in total. The van der Waals surface area contributed by atoms with Crippen LogP contribution in [0.1, 0.15) is 31.9 Å². The first-order valence-corrected chi connectivity index (χ1v) is 6.78. The summed E-state index contributed by atoms with van der Waals surface area (Å²) in [6.07, 6.45) is 0.887. The minimum Gasteiger partial charge on any atom is -0.497 e. The average Bonchev–Trinajstić information content (AvgIpc) is 2.46. The molecule has 0 radical (unpaired) electrons. The normalized spacial score (nSPS) is 12.2. The van der Waals surface area contributed by atoms with Crippen molar-refractivity contribution in [1.29, 1.82) is 0 Å². The molecule has 1 aromatic carbocycles. The van der Waals surface area contributed by atoms with Crippen LogP contribution in [0.5, 0.6) is 11.5 Å². The van der Waals surface area contributed by atoms with Crippen molar-refractivity contribution in [1.82, 2.24) is 5.32 Å². The van der Waals surface area contributed by atoms with Crippen molar-refractivity contribution in [2.45, 2.75) is 26.3 Å². The molecular formula is C15H25NO3. The second kappa shape index (κ2) is 8.77. The number of rotatable bonds is 9. The Kier molecular flexibility index (Phi) is 7.30. The molecule has 0 aliphatic rings. The van der Waals surface area contributed by atoms with E-state index in [-0.39, 0.29) is 6.04 Å². The summed E-state index contributed by atoms with van der Waals surface area (Å²) in [5.74, 6) is 1.68. The second-order valence-electron chi connectivity index (χ2n) is 4.31. The third kappa shape index (κ3) is 5.09. The lowest BCUT2D eigenvalue weighted by molar-refractivity contribution is 0.130. The predicted octanol–water partition coefficient (Wildman–Crippen LogP) is 2.78. The molecular weight excluding hydrogens is 242 g/mol. The fourth-order valence-electron chi connectivity index (χ4n) is 1.77. The maximum absolute atomic E-state index is 5.85. The molecule has 1 unspecified atom stereocenters. The lowest BCUT2D eigenvalue weighted by Gasteiger charge is -2.17. The third-order valence-electron chi connectivity index (χ3n) is 3.01. The SMILES string of the molecule is CCOCCCOc1cc(OC)ccc1C(C)NC. The van der Waals surface area contributed by atoms with E-state index >= 15 is 0 Å². The lowest BCUT2D eigenvalue weighted by Crippen LogP contribution is -2.14. The van der Waals surface area contributed by atoms with Crippen LogP contribution in [0.25, 0.3) is 0 Å².